The predicted molar refractivity (Wildman–Crippen MR) is 157 cm³/mol. The van der Waals surface area contributed by atoms with Gasteiger partial charge in [-0.05, 0) is 72.7 Å². The highest BCUT2D eigenvalue weighted by Gasteiger charge is 2.24. The monoisotopic (exact) mass is 565 g/mol. The number of ether oxygens (including phenoxy) is 2. The fourth-order valence-corrected chi connectivity index (χ4v) is 4.79. The number of amides is 2. The van der Waals surface area contributed by atoms with Crippen LogP contribution in [0.15, 0.2) is 66.1 Å². The Morgan fingerprint density at radius 1 is 1.07 bits per heavy atom. The number of nitro benzene ring substituents is 1. The molecule has 1 aromatic heterocycles. The van der Waals surface area contributed by atoms with Crippen molar-refractivity contribution in [2.75, 3.05) is 27.3 Å². The van der Waals surface area contributed by atoms with Gasteiger partial charge in [-0.2, -0.15) is 0 Å². The number of non-ortho nitro benzene ring substituents is 1. The molecule has 0 saturated carbocycles. The van der Waals surface area contributed by atoms with E-state index in [9.17, 15) is 19.7 Å². The van der Waals surface area contributed by atoms with Gasteiger partial charge >= 0.3 is 0 Å². The zero-order chi connectivity index (χ0) is 29.1. The van der Waals surface area contributed by atoms with Crippen molar-refractivity contribution in [2.24, 2.45) is 0 Å². The number of thiophene rings is 1. The third kappa shape index (κ3) is 8.41. The van der Waals surface area contributed by atoms with Gasteiger partial charge < -0.3 is 19.3 Å². The Morgan fingerprint density at radius 2 is 1.80 bits per heavy atom. The molecule has 0 spiro atoms. The maximum Gasteiger partial charge on any atom is 0.269 e. The second kappa shape index (κ2) is 14.8. The predicted octanol–water partition coefficient (Wildman–Crippen LogP) is 5.59. The Balaban J connectivity index is 1.75. The standard InChI is InChI=1S/C30H35N3O6S/c1-5-22(2)32(29(34)15-11-23-8-12-25(13-9-23)33(36)37)21-30(35)31(20-26-7-6-18-40-26)17-16-24-10-14-27(38-3)28(19-24)39-4/h6-15,18-19,22H,5,16-17,20-21H2,1-4H3. The lowest BCUT2D eigenvalue weighted by Crippen LogP contribution is -2.46. The molecule has 212 valence electrons. The lowest BCUT2D eigenvalue weighted by molar-refractivity contribution is -0.384. The molecular formula is C30H35N3O6S. The molecule has 0 aliphatic rings. The van der Waals surface area contributed by atoms with Crippen LogP contribution in [0.3, 0.4) is 0 Å². The first-order valence-corrected chi connectivity index (χ1v) is 13.9. The largest absolute Gasteiger partial charge is 0.493 e. The molecule has 0 aliphatic heterocycles. The van der Waals surface area contributed by atoms with E-state index in [1.807, 2.05) is 49.6 Å². The molecule has 2 amide bonds. The van der Waals surface area contributed by atoms with E-state index in [2.05, 4.69) is 0 Å². The summed E-state index contributed by atoms with van der Waals surface area (Å²) in [5.74, 6) is 0.829. The Labute approximate surface area is 238 Å². The number of methoxy groups -OCH3 is 2. The smallest absolute Gasteiger partial charge is 0.269 e. The third-order valence-electron chi connectivity index (χ3n) is 6.63. The van der Waals surface area contributed by atoms with Crippen LogP contribution in [0.5, 0.6) is 11.5 Å². The van der Waals surface area contributed by atoms with Crippen LogP contribution in [0.1, 0.15) is 36.3 Å². The molecule has 1 heterocycles. The molecule has 0 N–H and O–H groups in total. The van der Waals surface area contributed by atoms with Crippen LogP contribution in [0.2, 0.25) is 0 Å². The lowest BCUT2D eigenvalue weighted by atomic mass is 10.1. The summed E-state index contributed by atoms with van der Waals surface area (Å²) >= 11 is 1.58. The molecule has 2 aromatic carbocycles. The van der Waals surface area contributed by atoms with E-state index in [0.29, 0.717) is 43.0 Å². The number of carbonyl (C=O) groups is 2. The minimum absolute atomic E-state index is 0.0192. The van der Waals surface area contributed by atoms with Gasteiger partial charge in [0.1, 0.15) is 6.54 Å². The van der Waals surface area contributed by atoms with Crippen LogP contribution < -0.4 is 9.47 Å². The van der Waals surface area contributed by atoms with E-state index >= 15 is 0 Å². The molecule has 1 atom stereocenters. The Morgan fingerprint density at radius 3 is 2.40 bits per heavy atom. The summed E-state index contributed by atoms with van der Waals surface area (Å²) in [6.45, 7) is 4.74. The van der Waals surface area contributed by atoms with Crippen LogP contribution in [-0.2, 0) is 22.6 Å². The molecule has 1 unspecified atom stereocenters. The maximum atomic E-state index is 13.6. The molecule has 0 radical (unpaired) electrons. The van der Waals surface area contributed by atoms with Crippen molar-refractivity contribution in [1.82, 2.24) is 9.80 Å². The number of hydrogen-bond donors (Lipinski definition) is 0. The van der Waals surface area contributed by atoms with Crippen LogP contribution in [0.25, 0.3) is 6.08 Å². The molecule has 3 aromatic rings. The van der Waals surface area contributed by atoms with Gasteiger partial charge in [0.2, 0.25) is 11.8 Å². The second-order valence-corrected chi connectivity index (χ2v) is 10.3. The lowest BCUT2D eigenvalue weighted by Gasteiger charge is -2.30. The number of hydrogen-bond acceptors (Lipinski definition) is 7. The van der Waals surface area contributed by atoms with Crippen molar-refractivity contribution < 1.29 is 24.0 Å². The highest BCUT2D eigenvalue weighted by Crippen LogP contribution is 2.28. The van der Waals surface area contributed by atoms with E-state index in [1.165, 1.54) is 18.2 Å². The third-order valence-corrected chi connectivity index (χ3v) is 7.49. The van der Waals surface area contributed by atoms with Gasteiger partial charge in [-0.1, -0.05) is 19.1 Å². The van der Waals surface area contributed by atoms with Crippen molar-refractivity contribution in [3.63, 3.8) is 0 Å². The quantitative estimate of drug-likeness (QED) is 0.144. The van der Waals surface area contributed by atoms with Crippen LogP contribution in [0.4, 0.5) is 5.69 Å². The number of rotatable bonds is 14. The summed E-state index contributed by atoms with van der Waals surface area (Å²) in [5, 5.41) is 12.9. The number of carbonyl (C=O) groups excluding carboxylic acids is 2. The van der Waals surface area contributed by atoms with Gasteiger partial charge in [0.25, 0.3) is 5.69 Å². The van der Waals surface area contributed by atoms with Gasteiger partial charge in [0.05, 0.1) is 25.7 Å². The minimum atomic E-state index is -0.470. The Kier molecular flexibility index (Phi) is 11.3. The highest BCUT2D eigenvalue weighted by atomic mass is 32.1. The fraction of sp³-hybridized carbons (Fsp3) is 0.333. The minimum Gasteiger partial charge on any atom is -0.493 e. The SMILES string of the molecule is CCC(C)N(CC(=O)N(CCc1ccc(OC)c(OC)c1)Cc1cccs1)C(=O)C=Cc1ccc([N+](=O)[O-])cc1. The zero-order valence-corrected chi connectivity index (χ0v) is 24.1. The topological polar surface area (TPSA) is 102 Å². The van der Waals surface area contributed by atoms with Gasteiger partial charge in [0, 0.05) is 35.7 Å². The number of benzene rings is 2. The van der Waals surface area contributed by atoms with E-state index < -0.39 is 4.92 Å². The summed E-state index contributed by atoms with van der Waals surface area (Å²) in [6.07, 6.45) is 4.30. The van der Waals surface area contributed by atoms with Gasteiger partial charge in [-0.3, -0.25) is 19.7 Å². The zero-order valence-electron chi connectivity index (χ0n) is 23.2. The molecular weight excluding hydrogens is 530 g/mol. The van der Waals surface area contributed by atoms with Crippen LogP contribution in [-0.4, -0.2) is 59.9 Å². The summed E-state index contributed by atoms with van der Waals surface area (Å²) in [6, 6.07) is 15.4. The molecule has 0 saturated heterocycles. The summed E-state index contributed by atoms with van der Waals surface area (Å²) < 4.78 is 10.7. The average molecular weight is 566 g/mol. The molecule has 0 aliphatic carbocycles. The average Bonchev–Trinajstić information content (AvgIpc) is 3.49. The molecule has 0 bridgehead atoms. The molecule has 40 heavy (non-hydrogen) atoms. The van der Waals surface area contributed by atoms with Gasteiger partial charge in [0.15, 0.2) is 11.5 Å². The first-order chi connectivity index (χ1) is 19.2. The normalized spacial score (nSPS) is 11.7. The van der Waals surface area contributed by atoms with Crippen molar-refractivity contribution >= 4 is 34.9 Å². The maximum absolute atomic E-state index is 13.6. The van der Waals surface area contributed by atoms with E-state index in [0.717, 1.165) is 10.4 Å². The van der Waals surface area contributed by atoms with E-state index in [-0.39, 0.29) is 30.1 Å². The molecule has 10 heteroatoms. The highest BCUT2D eigenvalue weighted by molar-refractivity contribution is 7.09. The van der Waals surface area contributed by atoms with Crippen molar-refractivity contribution in [1.29, 1.82) is 0 Å². The summed E-state index contributed by atoms with van der Waals surface area (Å²) in [5.41, 5.74) is 1.64. The van der Waals surface area contributed by atoms with Gasteiger partial charge in [-0.25, -0.2) is 0 Å². The van der Waals surface area contributed by atoms with Crippen molar-refractivity contribution in [3.8, 4) is 11.5 Å². The van der Waals surface area contributed by atoms with Crippen molar-refractivity contribution in [3.05, 3.63) is 92.2 Å². The Hall–Kier alpha value is -4.18. The van der Waals surface area contributed by atoms with Crippen LogP contribution >= 0.6 is 11.3 Å². The second-order valence-electron chi connectivity index (χ2n) is 9.24. The first kappa shape index (κ1) is 30.4. The molecule has 3 rings (SSSR count). The number of nitro groups is 1. The van der Waals surface area contributed by atoms with E-state index in [1.54, 1.807) is 53.6 Å². The first-order valence-electron chi connectivity index (χ1n) is 13.0. The molecule has 9 nitrogen and oxygen atoms in total. The molecule has 0 fully saturated rings. The van der Waals surface area contributed by atoms with Crippen LogP contribution in [0, 0.1) is 10.1 Å². The Bertz CT molecular complexity index is 1310. The van der Waals surface area contributed by atoms with E-state index in [4.69, 9.17) is 9.47 Å². The summed E-state index contributed by atoms with van der Waals surface area (Å²) in [7, 11) is 3.18. The summed E-state index contributed by atoms with van der Waals surface area (Å²) in [4.78, 5) is 41.7. The fourth-order valence-electron chi connectivity index (χ4n) is 4.07. The van der Waals surface area contributed by atoms with Crippen molar-refractivity contribution in [2.45, 2.75) is 39.3 Å². The van der Waals surface area contributed by atoms with Gasteiger partial charge in [-0.15, -0.1) is 11.3 Å². The number of nitrogens with zero attached hydrogens (tertiary/aromatic N) is 3.